The van der Waals surface area contributed by atoms with Gasteiger partial charge in [-0.15, -0.1) is 0 Å². The predicted octanol–water partition coefficient (Wildman–Crippen LogP) is 1.57. The van der Waals surface area contributed by atoms with E-state index < -0.39 is 18.3 Å². The van der Waals surface area contributed by atoms with Crippen LogP contribution >= 0.6 is 0 Å². The Morgan fingerprint density at radius 1 is 1.50 bits per heavy atom. The van der Waals surface area contributed by atoms with Crippen molar-refractivity contribution in [3.63, 3.8) is 0 Å². The molecule has 0 aromatic heterocycles. The van der Waals surface area contributed by atoms with E-state index in [0.717, 1.165) is 6.07 Å². The number of benzene rings is 1. The zero-order valence-electron chi connectivity index (χ0n) is 6.91. The minimum Gasteiger partial charge on any atom is -0.478 e. The van der Waals surface area contributed by atoms with Gasteiger partial charge < -0.3 is 15.6 Å². The first-order chi connectivity index (χ1) is 6.52. The van der Waals surface area contributed by atoms with Crippen molar-refractivity contribution in [3.05, 3.63) is 23.8 Å². The molecule has 3 N–H and O–H groups in total. The fraction of sp³-hybridized carbons (Fsp3) is 0.125. The largest absolute Gasteiger partial charge is 0.478 e. The van der Waals surface area contributed by atoms with Crippen molar-refractivity contribution in [3.8, 4) is 5.75 Å². The third kappa shape index (κ3) is 2.09. The number of nitrogens with two attached hydrogens (primary N) is 1. The molecule has 0 heterocycles. The number of hydrogen-bond donors (Lipinski definition) is 2. The van der Waals surface area contributed by atoms with Crippen molar-refractivity contribution in [1.82, 2.24) is 0 Å². The molecular weight excluding hydrogens is 196 g/mol. The summed E-state index contributed by atoms with van der Waals surface area (Å²) in [5.74, 6) is -1.87. The molecule has 0 saturated carbocycles. The van der Waals surface area contributed by atoms with E-state index in [4.69, 9.17) is 10.8 Å². The number of para-hydroxylation sites is 1. The number of carboxylic acids is 1. The standard InChI is InChI=1S/C8H7F2NO3/c9-8(10)14-6-4(7(12)13)2-1-3-5(6)11/h1-3,8H,11H2,(H,12,13). The summed E-state index contributed by atoms with van der Waals surface area (Å²) >= 11 is 0. The second-order valence-corrected chi connectivity index (χ2v) is 2.41. The van der Waals surface area contributed by atoms with Crippen LogP contribution in [0.25, 0.3) is 0 Å². The summed E-state index contributed by atoms with van der Waals surface area (Å²) in [7, 11) is 0. The molecule has 4 nitrogen and oxygen atoms in total. The van der Waals surface area contributed by atoms with Gasteiger partial charge in [-0.2, -0.15) is 8.78 Å². The summed E-state index contributed by atoms with van der Waals surface area (Å²) in [6, 6.07) is 3.76. The van der Waals surface area contributed by atoms with Gasteiger partial charge in [0.25, 0.3) is 0 Å². The van der Waals surface area contributed by atoms with E-state index in [1.54, 1.807) is 0 Å². The number of alkyl halides is 2. The Kier molecular flexibility index (Phi) is 2.85. The van der Waals surface area contributed by atoms with Crippen LogP contribution < -0.4 is 10.5 Å². The minimum absolute atomic E-state index is 0.134. The van der Waals surface area contributed by atoms with Gasteiger partial charge in [-0.1, -0.05) is 6.07 Å². The van der Waals surface area contributed by atoms with Gasteiger partial charge in [0.15, 0.2) is 5.75 Å². The first-order valence-electron chi connectivity index (χ1n) is 3.59. The van der Waals surface area contributed by atoms with Crippen LogP contribution in [0.2, 0.25) is 0 Å². The predicted molar refractivity (Wildman–Crippen MR) is 44.4 cm³/mol. The normalized spacial score (nSPS) is 10.2. The van der Waals surface area contributed by atoms with Gasteiger partial charge in [0.05, 0.1) is 5.69 Å². The molecule has 0 fully saturated rings. The van der Waals surface area contributed by atoms with Crippen LogP contribution in [0.15, 0.2) is 18.2 Å². The Balaban J connectivity index is 3.15. The summed E-state index contributed by atoms with van der Waals surface area (Å²) in [6.07, 6.45) is 0. The van der Waals surface area contributed by atoms with E-state index in [2.05, 4.69) is 4.74 Å². The summed E-state index contributed by atoms with van der Waals surface area (Å²) in [6.45, 7) is -3.10. The van der Waals surface area contributed by atoms with Gasteiger partial charge in [-0.3, -0.25) is 0 Å². The fourth-order valence-electron chi connectivity index (χ4n) is 0.944. The summed E-state index contributed by atoms with van der Waals surface area (Å²) in [5, 5.41) is 8.62. The highest BCUT2D eigenvalue weighted by Gasteiger charge is 2.17. The number of halogens is 2. The average Bonchev–Trinajstić information content (AvgIpc) is 2.07. The van der Waals surface area contributed by atoms with Crippen molar-refractivity contribution in [2.75, 3.05) is 5.73 Å². The molecule has 0 amide bonds. The molecule has 76 valence electrons. The van der Waals surface area contributed by atoms with Crippen LogP contribution in [0, 0.1) is 0 Å². The van der Waals surface area contributed by atoms with Gasteiger partial charge in [0.1, 0.15) is 5.56 Å². The number of aromatic carboxylic acids is 1. The SMILES string of the molecule is Nc1cccc(C(=O)O)c1OC(F)F. The summed E-state index contributed by atoms with van der Waals surface area (Å²) < 4.78 is 27.7. The average molecular weight is 203 g/mol. The Labute approximate surface area is 77.9 Å². The lowest BCUT2D eigenvalue weighted by Gasteiger charge is -2.09. The van der Waals surface area contributed by atoms with E-state index >= 15 is 0 Å². The molecule has 1 aromatic carbocycles. The number of ether oxygens (including phenoxy) is 1. The number of carboxylic acid groups (broad SMARTS) is 1. The molecule has 14 heavy (non-hydrogen) atoms. The molecular formula is C8H7F2NO3. The van der Waals surface area contributed by atoms with Crippen molar-refractivity contribution >= 4 is 11.7 Å². The quantitative estimate of drug-likeness (QED) is 0.731. The molecule has 0 atom stereocenters. The second kappa shape index (κ2) is 3.91. The lowest BCUT2D eigenvalue weighted by molar-refractivity contribution is -0.0498. The lowest BCUT2D eigenvalue weighted by Crippen LogP contribution is -2.09. The first kappa shape index (κ1) is 10.2. The molecule has 0 aliphatic rings. The second-order valence-electron chi connectivity index (χ2n) is 2.41. The van der Waals surface area contributed by atoms with Crippen LogP contribution in [0.5, 0.6) is 5.75 Å². The summed E-state index contributed by atoms with van der Waals surface area (Å²) in [4.78, 5) is 10.6. The van der Waals surface area contributed by atoms with E-state index in [0.29, 0.717) is 0 Å². The van der Waals surface area contributed by atoms with Crippen LogP contribution in [-0.4, -0.2) is 17.7 Å². The molecule has 0 bridgehead atoms. The number of anilines is 1. The number of rotatable bonds is 3. The van der Waals surface area contributed by atoms with Crippen molar-refractivity contribution in [1.29, 1.82) is 0 Å². The van der Waals surface area contributed by atoms with Crippen molar-refractivity contribution in [2.24, 2.45) is 0 Å². The van der Waals surface area contributed by atoms with E-state index in [1.165, 1.54) is 12.1 Å². The van der Waals surface area contributed by atoms with E-state index in [1.807, 2.05) is 0 Å². The molecule has 0 unspecified atom stereocenters. The highest BCUT2D eigenvalue weighted by molar-refractivity contribution is 5.93. The molecule has 1 rings (SSSR count). The topological polar surface area (TPSA) is 72.6 Å². The van der Waals surface area contributed by atoms with Crippen LogP contribution in [0.4, 0.5) is 14.5 Å². The van der Waals surface area contributed by atoms with E-state index in [-0.39, 0.29) is 11.3 Å². The zero-order chi connectivity index (χ0) is 10.7. The highest BCUT2D eigenvalue weighted by Crippen LogP contribution is 2.27. The minimum atomic E-state index is -3.10. The maximum Gasteiger partial charge on any atom is 0.387 e. The monoisotopic (exact) mass is 203 g/mol. The molecule has 0 spiro atoms. The zero-order valence-corrected chi connectivity index (χ0v) is 6.91. The molecule has 6 heteroatoms. The van der Waals surface area contributed by atoms with Crippen molar-refractivity contribution < 1.29 is 23.4 Å². The molecule has 1 aromatic rings. The smallest absolute Gasteiger partial charge is 0.387 e. The van der Waals surface area contributed by atoms with Gasteiger partial charge in [0.2, 0.25) is 0 Å². The number of hydrogen-bond acceptors (Lipinski definition) is 3. The Morgan fingerprint density at radius 3 is 2.64 bits per heavy atom. The first-order valence-corrected chi connectivity index (χ1v) is 3.59. The van der Waals surface area contributed by atoms with Crippen LogP contribution in [0.3, 0.4) is 0 Å². The number of nitrogen functional groups attached to an aromatic ring is 1. The van der Waals surface area contributed by atoms with Gasteiger partial charge in [-0.05, 0) is 12.1 Å². The van der Waals surface area contributed by atoms with Crippen molar-refractivity contribution in [2.45, 2.75) is 6.61 Å². The van der Waals surface area contributed by atoms with Gasteiger partial charge in [-0.25, -0.2) is 4.79 Å². The van der Waals surface area contributed by atoms with E-state index in [9.17, 15) is 13.6 Å². The van der Waals surface area contributed by atoms with Gasteiger partial charge in [0, 0.05) is 0 Å². The van der Waals surface area contributed by atoms with Crippen LogP contribution in [-0.2, 0) is 0 Å². The molecule has 0 radical (unpaired) electrons. The Hall–Kier alpha value is -1.85. The maximum absolute atomic E-state index is 11.9. The third-order valence-electron chi connectivity index (χ3n) is 1.48. The van der Waals surface area contributed by atoms with Crippen LogP contribution in [0.1, 0.15) is 10.4 Å². The Morgan fingerprint density at radius 2 is 2.14 bits per heavy atom. The fourth-order valence-corrected chi connectivity index (χ4v) is 0.944. The molecule has 0 aliphatic heterocycles. The number of carbonyl (C=O) groups is 1. The van der Waals surface area contributed by atoms with Gasteiger partial charge >= 0.3 is 12.6 Å². The third-order valence-corrected chi connectivity index (χ3v) is 1.48. The summed E-state index contributed by atoms with van der Waals surface area (Å²) in [5.41, 5.74) is 4.77. The highest BCUT2D eigenvalue weighted by atomic mass is 19.3. The molecule has 0 aliphatic carbocycles. The Bertz CT molecular complexity index is 354. The lowest BCUT2D eigenvalue weighted by atomic mass is 10.2. The maximum atomic E-state index is 11.9. The molecule has 0 saturated heterocycles.